The second kappa shape index (κ2) is 7.77. The molecule has 2 unspecified atom stereocenters. The normalized spacial score (nSPS) is 19.8. The highest BCUT2D eigenvalue weighted by molar-refractivity contribution is 7.64. The Morgan fingerprint density at radius 2 is 1.86 bits per heavy atom. The van der Waals surface area contributed by atoms with Gasteiger partial charge in [-0.05, 0) is 26.0 Å². The average Bonchev–Trinajstić information content (AvgIpc) is 3.18. The summed E-state index contributed by atoms with van der Waals surface area (Å²) in [5.74, 6) is 1.64. The molecule has 2 heterocycles. The van der Waals surface area contributed by atoms with E-state index in [1.165, 1.54) is 14.2 Å². The van der Waals surface area contributed by atoms with Crippen LogP contribution < -0.4 is 19.9 Å². The number of benzene rings is 1. The summed E-state index contributed by atoms with van der Waals surface area (Å²) in [5.41, 5.74) is 1.90. The summed E-state index contributed by atoms with van der Waals surface area (Å²) in [6, 6.07) is 3.34. The molecular weight excluding hydrogens is 383 g/mol. The molecule has 0 amide bonds. The van der Waals surface area contributed by atoms with Crippen LogP contribution in [0.2, 0.25) is 0 Å². The van der Waals surface area contributed by atoms with E-state index in [1.807, 2.05) is 13.8 Å². The number of allylic oxidation sites excluding steroid dienone is 2. The fraction of sp³-hybridized carbons (Fsp3) is 0.389. The third-order valence-corrected chi connectivity index (χ3v) is 7.14. The summed E-state index contributed by atoms with van der Waals surface area (Å²) in [5, 5.41) is 16.6. The highest BCUT2D eigenvalue weighted by atomic mass is 31.2. The zero-order valence-electron chi connectivity index (χ0n) is 16.5. The van der Waals surface area contributed by atoms with Crippen molar-refractivity contribution in [1.29, 1.82) is 0 Å². The molecule has 28 heavy (non-hydrogen) atoms. The van der Waals surface area contributed by atoms with Crippen molar-refractivity contribution in [2.45, 2.75) is 26.4 Å². The maximum absolute atomic E-state index is 11.3. The number of H-pyrrole nitrogens is 1. The Morgan fingerprint density at radius 3 is 2.32 bits per heavy atom. The van der Waals surface area contributed by atoms with Crippen LogP contribution in [0.3, 0.4) is 0 Å². The molecule has 1 aliphatic rings. The molecule has 0 aliphatic carbocycles. The van der Waals surface area contributed by atoms with Crippen molar-refractivity contribution in [2.75, 3.05) is 26.1 Å². The number of imidazole rings is 1. The summed E-state index contributed by atoms with van der Waals surface area (Å²) < 4.78 is 16.4. The first-order valence-corrected chi connectivity index (χ1v) is 10.5. The van der Waals surface area contributed by atoms with Crippen molar-refractivity contribution < 1.29 is 24.0 Å². The molecule has 1 aromatic heterocycles. The standard InChI is InChI=1S/C18H25N4O5P/c1-10-8-19-18(21-10)20-9-16(28(24)22-11(2)12(3)27-28)13-6-14(25-4)17(23)15(7-13)26-5/h6-8,16,22,24H,9H2,1-5H3,(H2-,19,20,21,23)/p+1. The molecule has 1 aliphatic heterocycles. The van der Waals surface area contributed by atoms with Crippen LogP contribution in [-0.2, 0) is 4.52 Å². The molecule has 9 nitrogen and oxygen atoms in total. The number of anilines is 1. The van der Waals surface area contributed by atoms with Gasteiger partial charge in [0, 0.05) is 24.4 Å². The van der Waals surface area contributed by atoms with Gasteiger partial charge in [0.2, 0.25) is 5.75 Å². The fourth-order valence-electron chi connectivity index (χ4n) is 3.01. The number of aromatic hydroxyl groups is 1. The predicted molar refractivity (Wildman–Crippen MR) is 107 cm³/mol. The Morgan fingerprint density at radius 1 is 1.21 bits per heavy atom. The Hall–Kier alpha value is -2.64. The molecule has 2 aromatic rings. The van der Waals surface area contributed by atoms with Gasteiger partial charge in [-0.2, -0.15) is 4.89 Å². The van der Waals surface area contributed by atoms with Gasteiger partial charge in [0.25, 0.3) is 0 Å². The van der Waals surface area contributed by atoms with Gasteiger partial charge in [0.1, 0.15) is 0 Å². The van der Waals surface area contributed by atoms with E-state index in [0.29, 0.717) is 23.8 Å². The topological polar surface area (TPSA) is 121 Å². The van der Waals surface area contributed by atoms with Crippen LogP contribution in [0, 0.1) is 6.92 Å². The van der Waals surface area contributed by atoms with E-state index in [1.54, 1.807) is 25.3 Å². The van der Waals surface area contributed by atoms with Crippen LogP contribution in [0.5, 0.6) is 17.2 Å². The van der Waals surface area contributed by atoms with Crippen molar-refractivity contribution in [3.63, 3.8) is 0 Å². The average molecular weight is 409 g/mol. The third kappa shape index (κ3) is 3.81. The number of rotatable bonds is 7. The maximum atomic E-state index is 11.3. The second-order valence-corrected chi connectivity index (χ2v) is 8.87. The number of nitrogens with zero attached hydrogens (tertiary/aromatic N) is 1. The lowest BCUT2D eigenvalue weighted by Gasteiger charge is -2.24. The lowest BCUT2D eigenvalue weighted by atomic mass is 10.1. The molecule has 0 radical (unpaired) electrons. The Labute approximate surface area is 164 Å². The number of aromatic amines is 1. The summed E-state index contributed by atoms with van der Waals surface area (Å²) in [7, 11) is -0.172. The van der Waals surface area contributed by atoms with Crippen LogP contribution >= 0.6 is 7.87 Å². The molecule has 0 bridgehead atoms. The lowest BCUT2D eigenvalue weighted by molar-refractivity contribution is 0.338. The molecule has 3 rings (SSSR count). The number of nitrogens with one attached hydrogen (secondary N) is 3. The van der Waals surface area contributed by atoms with Gasteiger partial charge < -0.3 is 24.9 Å². The van der Waals surface area contributed by atoms with Gasteiger partial charge in [0.05, 0.1) is 26.5 Å². The van der Waals surface area contributed by atoms with Crippen molar-refractivity contribution in [1.82, 2.24) is 15.1 Å². The second-order valence-electron chi connectivity index (χ2n) is 6.59. The van der Waals surface area contributed by atoms with Gasteiger partial charge in [-0.15, -0.1) is 0 Å². The summed E-state index contributed by atoms with van der Waals surface area (Å²) in [6.07, 6.45) is 1.72. The van der Waals surface area contributed by atoms with Gasteiger partial charge in [-0.3, -0.25) is 4.52 Å². The molecule has 0 spiro atoms. The molecule has 10 heteroatoms. The maximum Gasteiger partial charge on any atom is 0.422 e. The molecule has 0 saturated heterocycles. The molecule has 152 valence electrons. The van der Waals surface area contributed by atoms with E-state index in [4.69, 9.17) is 14.0 Å². The summed E-state index contributed by atoms with van der Waals surface area (Å²) in [4.78, 5) is 18.7. The number of phenols is 1. The number of phenolic OH excluding ortho intramolecular Hbond substituents is 1. The predicted octanol–water partition coefficient (Wildman–Crippen LogP) is 3.22. The molecule has 1 aromatic carbocycles. The van der Waals surface area contributed by atoms with E-state index in [0.717, 1.165) is 11.4 Å². The molecule has 2 atom stereocenters. The number of aromatic nitrogens is 2. The van der Waals surface area contributed by atoms with Crippen molar-refractivity contribution in [3.8, 4) is 17.2 Å². The Kier molecular flexibility index (Phi) is 5.58. The largest absolute Gasteiger partial charge is 0.502 e. The number of hydrogen-bond donors (Lipinski definition) is 5. The number of ether oxygens (including phenoxy) is 2. The highest BCUT2D eigenvalue weighted by Gasteiger charge is 2.55. The van der Waals surface area contributed by atoms with Gasteiger partial charge in [-0.25, -0.2) is 10.1 Å². The van der Waals surface area contributed by atoms with Crippen LogP contribution in [-0.4, -0.2) is 40.7 Å². The van der Waals surface area contributed by atoms with Crippen molar-refractivity contribution in [3.05, 3.63) is 41.0 Å². The minimum atomic E-state index is -3.09. The van der Waals surface area contributed by atoms with Crippen LogP contribution in [0.1, 0.15) is 30.8 Å². The molecule has 0 saturated carbocycles. The van der Waals surface area contributed by atoms with Gasteiger partial charge >= 0.3 is 7.87 Å². The fourth-order valence-corrected chi connectivity index (χ4v) is 5.42. The number of aryl methyl sites for hydroxylation is 1. The zero-order valence-corrected chi connectivity index (χ0v) is 17.4. The first-order chi connectivity index (χ1) is 13.3. The van der Waals surface area contributed by atoms with Crippen molar-refractivity contribution in [2.24, 2.45) is 0 Å². The number of hydrogen-bond acceptors (Lipinski definition) is 8. The zero-order chi connectivity index (χ0) is 20.5. The van der Waals surface area contributed by atoms with Crippen LogP contribution in [0.25, 0.3) is 0 Å². The van der Waals surface area contributed by atoms with E-state index in [-0.39, 0.29) is 17.2 Å². The minimum absolute atomic E-state index is 0.0989. The van der Waals surface area contributed by atoms with Gasteiger partial charge in [-0.1, -0.05) is 0 Å². The molecular formula is C18H26N4O5P+. The lowest BCUT2D eigenvalue weighted by Crippen LogP contribution is -2.23. The molecule has 5 N–H and O–H groups in total. The minimum Gasteiger partial charge on any atom is -0.502 e. The first-order valence-electron chi connectivity index (χ1n) is 8.74. The van der Waals surface area contributed by atoms with Crippen LogP contribution in [0.15, 0.2) is 29.8 Å². The summed E-state index contributed by atoms with van der Waals surface area (Å²) in [6.45, 7) is 5.89. The van der Waals surface area contributed by atoms with Crippen LogP contribution in [0.4, 0.5) is 5.95 Å². The quantitative estimate of drug-likeness (QED) is 0.442. The van der Waals surface area contributed by atoms with E-state index >= 15 is 0 Å². The Balaban J connectivity index is 1.98. The van der Waals surface area contributed by atoms with E-state index in [2.05, 4.69) is 20.4 Å². The highest BCUT2D eigenvalue weighted by Crippen LogP contribution is 2.69. The number of methoxy groups -OCH3 is 2. The smallest absolute Gasteiger partial charge is 0.422 e. The van der Waals surface area contributed by atoms with Crippen molar-refractivity contribution >= 4 is 13.8 Å². The Bertz CT molecular complexity index is 859. The SMILES string of the molecule is COc1cc(C(CNc2ncc(C)[nH]2)[P+]2(O)NC(C)=C(C)O2)cc(OC)c1O. The van der Waals surface area contributed by atoms with E-state index < -0.39 is 13.5 Å². The first kappa shape index (κ1) is 20.1. The third-order valence-electron chi connectivity index (χ3n) is 4.61. The monoisotopic (exact) mass is 409 g/mol. The van der Waals surface area contributed by atoms with Gasteiger partial charge in [0.15, 0.2) is 28.9 Å². The van der Waals surface area contributed by atoms with E-state index in [9.17, 15) is 10.00 Å². The molecule has 0 fully saturated rings. The summed E-state index contributed by atoms with van der Waals surface area (Å²) >= 11 is 0.